The third kappa shape index (κ3) is 4.02. The van der Waals surface area contributed by atoms with Crippen LogP contribution in [0.3, 0.4) is 0 Å². The Morgan fingerprint density at radius 1 is 1.13 bits per heavy atom. The molecule has 2 aliphatic rings. The largest absolute Gasteiger partial charge is 0.315 e. The molecular formula is C9H18Cl2F2N2. The van der Waals surface area contributed by atoms with E-state index in [-0.39, 0.29) is 37.7 Å². The summed E-state index contributed by atoms with van der Waals surface area (Å²) >= 11 is 0. The Balaban J connectivity index is 0.000000980. The summed E-state index contributed by atoms with van der Waals surface area (Å²) in [4.78, 5) is 2.21. The number of alkyl halides is 2. The Kier molecular flexibility index (Phi) is 6.33. The smallest absolute Gasteiger partial charge is 0.250 e. The second kappa shape index (κ2) is 6.18. The van der Waals surface area contributed by atoms with Crippen LogP contribution in [0.5, 0.6) is 0 Å². The van der Waals surface area contributed by atoms with Crippen molar-refractivity contribution in [3.8, 4) is 0 Å². The molecule has 0 aromatic heterocycles. The van der Waals surface area contributed by atoms with Crippen LogP contribution >= 0.6 is 24.8 Å². The molecule has 0 aliphatic carbocycles. The van der Waals surface area contributed by atoms with E-state index in [2.05, 4.69) is 10.2 Å². The average Bonchev–Trinajstić information content (AvgIpc) is 2.56. The summed E-state index contributed by atoms with van der Waals surface area (Å²) in [6, 6.07) is 0.510. The first-order chi connectivity index (χ1) is 6.17. The van der Waals surface area contributed by atoms with E-state index in [4.69, 9.17) is 0 Å². The van der Waals surface area contributed by atoms with Crippen molar-refractivity contribution in [3.63, 3.8) is 0 Å². The highest BCUT2D eigenvalue weighted by Gasteiger charge is 2.36. The Morgan fingerprint density at radius 3 is 2.20 bits per heavy atom. The van der Waals surface area contributed by atoms with Crippen molar-refractivity contribution in [1.82, 2.24) is 10.2 Å². The molecule has 0 aromatic carbocycles. The molecule has 2 rings (SSSR count). The van der Waals surface area contributed by atoms with Crippen molar-refractivity contribution in [2.24, 2.45) is 0 Å². The molecule has 1 N–H and O–H groups in total. The number of nitrogens with zero attached hydrogens (tertiary/aromatic N) is 1. The maximum absolute atomic E-state index is 12.8. The molecule has 15 heavy (non-hydrogen) atoms. The van der Waals surface area contributed by atoms with Crippen molar-refractivity contribution in [2.75, 3.05) is 26.2 Å². The minimum Gasteiger partial charge on any atom is -0.315 e. The van der Waals surface area contributed by atoms with Gasteiger partial charge in [0.15, 0.2) is 0 Å². The summed E-state index contributed by atoms with van der Waals surface area (Å²) in [5.41, 5.74) is 0. The highest BCUT2D eigenvalue weighted by molar-refractivity contribution is 5.85. The molecule has 0 saturated carbocycles. The molecule has 92 valence electrons. The second-order valence-electron chi connectivity index (χ2n) is 4.04. The first-order valence-corrected chi connectivity index (χ1v) is 5.00. The molecule has 2 saturated heterocycles. The van der Waals surface area contributed by atoms with Gasteiger partial charge in [0.25, 0.3) is 5.92 Å². The van der Waals surface area contributed by atoms with Crippen LogP contribution in [-0.2, 0) is 0 Å². The molecule has 6 heteroatoms. The lowest BCUT2D eigenvalue weighted by Gasteiger charge is -2.35. The van der Waals surface area contributed by atoms with Crippen LogP contribution in [0.1, 0.15) is 19.3 Å². The third-order valence-corrected chi connectivity index (χ3v) is 3.08. The van der Waals surface area contributed by atoms with E-state index in [1.165, 1.54) is 0 Å². The standard InChI is InChI=1S/C9H16F2N2.2ClH/c10-9(11)2-5-13(6-3-9)8-1-4-12-7-8;;/h8,12H,1-7H2;2*1H/t8-;;/m0../s1. The van der Waals surface area contributed by atoms with Crippen molar-refractivity contribution in [3.05, 3.63) is 0 Å². The van der Waals surface area contributed by atoms with E-state index in [9.17, 15) is 8.78 Å². The number of hydrogen-bond donors (Lipinski definition) is 1. The lowest BCUT2D eigenvalue weighted by Crippen LogP contribution is -2.45. The molecule has 2 fully saturated rings. The van der Waals surface area contributed by atoms with Crippen LogP contribution in [0.4, 0.5) is 8.78 Å². The molecular weight excluding hydrogens is 245 g/mol. The van der Waals surface area contributed by atoms with Crippen LogP contribution in [0.15, 0.2) is 0 Å². The highest BCUT2D eigenvalue weighted by Crippen LogP contribution is 2.29. The fraction of sp³-hybridized carbons (Fsp3) is 1.00. The van der Waals surface area contributed by atoms with Gasteiger partial charge in [0.1, 0.15) is 0 Å². The van der Waals surface area contributed by atoms with Crippen LogP contribution in [0.25, 0.3) is 0 Å². The van der Waals surface area contributed by atoms with E-state index in [1.54, 1.807) is 0 Å². The lowest BCUT2D eigenvalue weighted by atomic mass is 10.0. The van der Waals surface area contributed by atoms with Gasteiger partial charge in [-0.2, -0.15) is 0 Å². The fourth-order valence-corrected chi connectivity index (χ4v) is 2.17. The quantitative estimate of drug-likeness (QED) is 0.777. The van der Waals surface area contributed by atoms with Gasteiger partial charge < -0.3 is 5.32 Å². The number of rotatable bonds is 1. The van der Waals surface area contributed by atoms with E-state index < -0.39 is 5.92 Å². The predicted octanol–water partition coefficient (Wildman–Crippen LogP) is 1.92. The predicted molar refractivity (Wildman–Crippen MR) is 61.5 cm³/mol. The van der Waals surface area contributed by atoms with E-state index >= 15 is 0 Å². The van der Waals surface area contributed by atoms with Crippen LogP contribution in [0.2, 0.25) is 0 Å². The second-order valence-corrected chi connectivity index (χ2v) is 4.04. The van der Waals surface area contributed by atoms with Crippen molar-refractivity contribution < 1.29 is 8.78 Å². The van der Waals surface area contributed by atoms with Gasteiger partial charge in [0.05, 0.1) is 0 Å². The van der Waals surface area contributed by atoms with Gasteiger partial charge in [-0.3, -0.25) is 4.90 Å². The number of hydrogen-bond acceptors (Lipinski definition) is 2. The number of nitrogens with one attached hydrogen (secondary N) is 1. The minimum atomic E-state index is -2.40. The molecule has 0 spiro atoms. The summed E-state index contributed by atoms with van der Waals surface area (Å²) in [5, 5.41) is 3.26. The lowest BCUT2D eigenvalue weighted by molar-refractivity contribution is -0.0615. The van der Waals surface area contributed by atoms with Crippen LogP contribution in [-0.4, -0.2) is 43.0 Å². The summed E-state index contributed by atoms with van der Waals surface area (Å²) in [6.45, 7) is 3.15. The molecule has 0 radical (unpaired) electrons. The number of piperidine rings is 1. The highest BCUT2D eigenvalue weighted by atomic mass is 35.5. The van der Waals surface area contributed by atoms with E-state index in [0.29, 0.717) is 19.1 Å². The summed E-state index contributed by atoms with van der Waals surface area (Å²) < 4.78 is 25.6. The normalized spacial score (nSPS) is 30.4. The maximum Gasteiger partial charge on any atom is 0.250 e. The summed E-state index contributed by atoms with van der Waals surface area (Å²) in [7, 11) is 0. The van der Waals surface area contributed by atoms with Crippen LogP contribution < -0.4 is 5.32 Å². The molecule has 2 heterocycles. The van der Waals surface area contributed by atoms with Gasteiger partial charge in [-0.1, -0.05) is 0 Å². The van der Waals surface area contributed by atoms with Crippen molar-refractivity contribution >= 4 is 24.8 Å². The van der Waals surface area contributed by atoms with Crippen molar-refractivity contribution in [2.45, 2.75) is 31.2 Å². The Labute approximate surface area is 102 Å². The Bertz CT molecular complexity index is 177. The molecule has 2 aliphatic heterocycles. The zero-order valence-electron chi connectivity index (χ0n) is 8.55. The maximum atomic E-state index is 12.8. The minimum absolute atomic E-state index is 0. The fourth-order valence-electron chi connectivity index (χ4n) is 2.17. The van der Waals surface area contributed by atoms with Crippen molar-refractivity contribution in [1.29, 1.82) is 0 Å². The first kappa shape index (κ1) is 15.4. The molecule has 1 atom stereocenters. The monoisotopic (exact) mass is 262 g/mol. The molecule has 0 aromatic rings. The molecule has 0 unspecified atom stereocenters. The zero-order valence-corrected chi connectivity index (χ0v) is 10.2. The topological polar surface area (TPSA) is 15.3 Å². The average molecular weight is 263 g/mol. The van der Waals surface area contributed by atoms with Gasteiger partial charge in [-0.25, -0.2) is 8.78 Å². The summed E-state index contributed by atoms with van der Waals surface area (Å²) in [6.07, 6.45) is 1.21. The van der Waals surface area contributed by atoms with Gasteiger partial charge in [0, 0.05) is 38.5 Å². The molecule has 0 bridgehead atoms. The third-order valence-electron chi connectivity index (χ3n) is 3.08. The molecule has 0 amide bonds. The van der Waals surface area contributed by atoms with Crippen LogP contribution in [0, 0.1) is 0 Å². The summed E-state index contributed by atoms with van der Waals surface area (Å²) in [5.74, 6) is -2.40. The van der Waals surface area contributed by atoms with E-state index in [1.807, 2.05) is 0 Å². The first-order valence-electron chi connectivity index (χ1n) is 5.00. The number of likely N-dealkylation sites (tertiary alicyclic amines) is 1. The van der Waals surface area contributed by atoms with E-state index in [0.717, 1.165) is 19.5 Å². The van der Waals surface area contributed by atoms with Gasteiger partial charge in [-0.05, 0) is 13.0 Å². The Hall–Kier alpha value is 0.360. The van der Waals surface area contributed by atoms with Gasteiger partial charge >= 0.3 is 0 Å². The van der Waals surface area contributed by atoms with Gasteiger partial charge in [0.2, 0.25) is 0 Å². The van der Waals surface area contributed by atoms with Gasteiger partial charge in [-0.15, -0.1) is 24.8 Å². The SMILES string of the molecule is Cl.Cl.FC1(F)CCN([C@H]2CCNC2)CC1. The number of halogens is 4. The Morgan fingerprint density at radius 2 is 1.73 bits per heavy atom. The zero-order chi connectivity index (χ0) is 9.31. The molecule has 2 nitrogen and oxygen atoms in total.